The lowest BCUT2D eigenvalue weighted by molar-refractivity contribution is 0.181. The summed E-state index contributed by atoms with van der Waals surface area (Å²) >= 11 is 3.44. The molecule has 1 aliphatic heterocycles. The molecule has 0 unspecified atom stereocenters. The highest BCUT2D eigenvalue weighted by Crippen LogP contribution is 2.26. The van der Waals surface area contributed by atoms with Crippen LogP contribution >= 0.6 is 15.9 Å². The lowest BCUT2D eigenvalue weighted by Gasteiger charge is -2.33. The van der Waals surface area contributed by atoms with Gasteiger partial charge < -0.3 is 15.0 Å². The summed E-state index contributed by atoms with van der Waals surface area (Å²) in [6, 6.07) is 0. The van der Waals surface area contributed by atoms with Gasteiger partial charge in [0.2, 0.25) is 0 Å². The number of halogens is 1. The van der Waals surface area contributed by atoms with Crippen molar-refractivity contribution in [2.45, 2.75) is 19.4 Å². The third-order valence-corrected chi connectivity index (χ3v) is 4.67. The fraction of sp³-hybridized carbons (Fsp3) is 0.714. The Morgan fingerprint density at radius 3 is 2.81 bits per heavy atom. The van der Waals surface area contributed by atoms with Crippen molar-refractivity contribution in [2.24, 2.45) is 5.92 Å². The van der Waals surface area contributed by atoms with Crippen molar-refractivity contribution in [3.63, 3.8) is 0 Å². The summed E-state index contributed by atoms with van der Waals surface area (Å²) in [6.45, 7) is 3.95. The summed E-state index contributed by atoms with van der Waals surface area (Å²) in [5.74, 6) is 0.722. The number of methoxy groups -OCH3 is 1. The molecule has 0 radical (unpaired) electrons. The number of nitrogens with zero attached hydrogens (tertiary/aromatic N) is 3. The molecule has 118 valence electrons. The summed E-state index contributed by atoms with van der Waals surface area (Å²) < 4.78 is 7.02. The number of piperidine rings is 1. The third kappa shape index (κ3) is 4.05. The lowest BCUT2D eigenvalue weighted by atomic mass is 9.96. The fourth-order valence-electron chi connectivity index (χ4n) is 2.68. The van der Waals surface area contributed by atoms with Crippen LogP contribution in [0.3, 0.4) is 0 Å². The van der Waals surface area contributed by atoms with Crippen LogP contribution < -0.4 is 15.8 Å². The van der Waals surface area contributed by atoms with Crippen LogP contribution in [0.5, 0.6) is 0 Å². The first kappa shape index (κ1) is 16.5. The molecule has 7 heteroatoms. The van der Waals surface area contributed by atoms with E-state index >= 15 is 0 Å². The van der Waals surface area contributed by atoms with E-state index in [4.69, 9.17) is 4.74 Å². The van der Waals surface area contributed by atoms with E-state index in [9.17, 15) is 4.79 Å². The van der Waals surface area contributed by atoms with Gasteiger partial charge in [-0.3, -0.25) is 4.79 Å². The van der Waals surface area contributed by atoms with Gasteiger partial charge in [0.25, 0.3) is 5.56 Å². The Morgan fingerprint density at radius 1 is 1.48 bits per heavy atom. The molecule has 0 aliphatic carbocycles. The summed E-state index contributed by atoms with van der Waals surface area (Å²) in [4.78, 5) is 14.5. The molecule has 6 nitrogen and oxygen atoms in total. The summed E-state index contributed by atoms with van der Waals surface area (Å²) in [6.07, 6.45) is 4.06. The van der Waals surface area contributed by atoms with E-state index in [1.165, 1.54) is 4.68 Å². The van der Waals surface area contributed by atoms with Crippen LogP contribution in [0, 0.1) is 5.92 Å². The molecule has 1 N–H and O–H groups in total. The van der Waals surface area contributed by atoms with Gasteiger partial charge in [-0.1, -0.05) is 0 Å². The van der Waals surface area contributed by atoms with Gasteiger partial charge in [0, 0.05) is 20.2 Å². The van der Waals surface area contributed by atoms with Crippen LogP contribution in [0.15, 0.2) is 15.5 Å². The zero-order valence-corrected chi connectivity index (χ0v) is 14.2. The number of anilines is 1. The van der Waals surface area contributed by atoms with Crippen molar-refractivity contribution >= 4 is 21.6 Å². The van der Waals surface area contributed by atoms with Crippen LogP contribution in [0.1, 0.15) is 12.8 Å². The van der Waals surface area contributed by atoms with Crippen molar-refractivity contribution in [1.82, 2.24) is 15.1 Å². The minimum absolute atomic E-state index is 0.0955. The zero-order valence-electron chi connectivity index (χ0n) is 12.6. The van der Waals surface area contributed by atoms with Gasteiger partial charge in [-0.15, -0.1) is 0 Å². The van der Waals surface area contributed by atoms with Crippen molar-refractivity contribution in [2.75, 3.05) is 45.3 Å². The minimum Gasteiger partial charge on any atom is -0.383 e. The summed E-state index contributed by atoms with van der Waals surface area (Å²) in [5, 5.41) is 7.48. The van der Waals surface area contributed by atoms with Crippen LogP contribution in [-0.4, -0.2) is 50.2 Å². The molecular weight excluding hydrogens is 336 g/mol. The molecule has 0 bridgehead atoms. The first-order valence-electron chi connectivity index (χ1n) is 7.31. The number of aromatic nitrogens is 2. The molecule has 21 heavy (non-hydrogen) atoms. The third-order valence-electron chi connectivity index (χ3n) is 3.92. The van der Waals surface area contributed by atoms with E-state index in [-0.39, 0.29) is 5.56 Å². The highest BCUT2D eigenvalue weighted by atomic mass is 79.9. The molecule has 1 aliphatic rings. The Labute approximate surface area is 133 Å². The molecule has 0 amide bonds. The summed E-state index contributed by atoms with van der Waals surface area (Å²) in [7, 11) is 3.61. The van der Waals surface area contributed by atoms with Gasteiger partial charge in [0.05, 0.1) is 25.0 Å². The SMILES string of the molecule is CNCC1CCN(c2cnn(CCOC)c(=O)c2Br)CC1. The average Bonchev–Trinajstić information content (AvgIpc) is 2.50. The molecule has 2 heterocycles. The molecule has 0 atom stereocenters. The Balaban J connectivity index is 2.08. The molecule has 1 aromatic heterocycles. The highest BCUT2D eigenvalue weighted by molar-refractivity contribution is 9.10. The largest absolute Gasteiger partial charge is 0.383 e. The maximum Gasteiger partial charge on any atom is 0.283 e. The van der Waals surface area contributed by atoms with Crippen LogP contribution in [0.4, 0.5) is 5.69 Å². The average molecular weight is 359 g/mol. The molecule has 1 fully saturated rings. The zero-order chi connectivity index (χ0) is 15.2. The standard InChI is InChI=1S/C14H23BrN4O2/c1-16-9-11-3-5-18(6-4-11)12-10-17-19(7-8-21-2)14(20)13(12)15/h10-11,16H,3-9H2,1-2H3. The van der Waals surface area contributed by atoms with E-state index in [2.05, 4.69) is 31.2 Å². The van der Waals surface area contributed by atoms with E-state index in [1.54, 1.807) is 13.3 Å². The molecule has 0 spiro atoms. The first-order valence-corrected chi connectivity index (χ1v) is 8.10. The Bertz CT molecular complexity index is 512. The molecule has 1 saturated heterocycles. The van der Waals surface area contributed by atoms with Crippen molar-refractivity contribution in [1.29, 1.82) is 0 Å². The number of ether oxygens (including phenoxy) is 1. The normalized spacial score (nSPS) is 16.4. The topological polar surface area (TPSA) is 59.4 Å². The van der Waals surface area contributed by atoms with Gasteiger partial charge >= 0.3 is 0 Å². The Morgan fingerprint density at radius 2 is 2.19 bits per heavy atom. The Hall–Kier alpha value is -0.920. The number of hydrogen-bond acceptors (Lipinski definition) is 5. The molecule has 0 saturated carbocycles. The fourth-order valence-corrected chi connectivity index (χ4v) is 3.24. The number of nitrogens with one attached hydrogen (secondary N) is 1. The second kappa shape index (κ2) is 7.91. The van der Waals surface area contributed by atoms with Gasteiger partial charge in [0.15, 0.2) is 0 Å². The lowest BCUT2D eigenvalue weighted by Crippen LogP contribution is -2.38. The van der Waals surface area contributed by atoms with E-state index in [0.717, 1.165) is 44.1 Å². The predicted octanol–water partition coefficient (Wildman–Crippen LogP) is 1.09. The molecule has 0 aromatic carbocycles. The molecule has 2 rings (SSSR count). The predicted molar refractivity (Wildman–Crippen MR) is 86.9 cm³/mol. The monoisotopic (exact) mass is 358 g/mol. The molecule has 1 aromatic rings. The van der Waals surface area contributed by atoms with Gasteiger partial charge in [-0.25, -0.2) is 4.68 Å². The number of hydrogen-bond donors (Lipinski definition) is 1. The first-order chi connectivity index (χ1) is 10.2. The van der Waals surface area contributed by atoms with Gasteiger partial charge in [0.1, 0.15) is 4.47 Å². The smallest absolute Gasteiger partial charge is 0.283 e. The maximum absolute atomic E-state index is 12.3. The van der Waals surface area contributed by atoms with E-state index < -0.39 is 0 Å². The van der Waals surface area contributed by atoms with Crippen molar-refractivity contribution in [3.8, 4) is 0 Å². The Kier molecular flexibility index (Phi) is 6.20. The highest BCUT2D eigenvalue weighted by Gasteiger charge is 2.22. The number of rotatable bonds is 6. The quantitative estimate of drug-likeness (QED) is 0.824. The second-order valence-corrected chi connectivity index (χ2v) is 6.15. The summed E-state index contributed by atoms with van der Waals surface area (Å²) in [5.41, 5.74) is 0.804. The van der Waals surface area contributed by atoms with E-state index in [1.807, 2.05) is 7.05 Å². The van der Waals surface area contributed by atoms with Crippen LogP contribution in [0.2, 0.25) is 0 Å². The van der Waals surface area contributed by atoms with Gasteiger partial charge in [-0.2, -0.15) is 5.10 Å². The minimum atomic E-state index is -0.0955. The maximum atomic E-state index is 12.3. The molecular formula is C14H23BrN4O2. The van der Waals surface area contributed by atoms with Crippen molar-refractivity contribution in [3.05, 3.63) is 21.0 Å². The van der Waals surface area contributed by atoms with Crippen LogP contribution in [-0.2, 0) is 11.3 Å². The van der Waals surface area contributed by atoms with Crippen LogP contribution in [0.25, 0.3) is 0 Å². The van der Waals surface area contributed by atoms with Gasteiger partial charge in [-0.05, 0) is 48.3 Å². The second-order valence-electron chi connectivity index (χ2n) is 5.35. The van der Waals surface area contributed by atoms with Crippen molar-refractivity contribution < 1.29 is 4.74 Å². The van der Waals surface area contributed by atoms with E-state index in [0.29, 0.717) is 17.6 Å².